The summed E-state index contributed by atoms with van der Waals surface area (Å²) >= 11 is 0. The number of fused-ring (bicyclic) bond motifs is 1. The van der Waals surface area contributed by atoms with E-state index >= 15 is 0 Å². The standard InChI is InChI=1S/C18H28N6O/c1-13(2)24-11-15(9-19-24)10-22-6-7-23-12-16(8-17(25)21(4)5)20-18(23)14(22)3/h9,11-14H,6-8,10H2,1-5H3/t14-/m0/s1. The van der Waals surface area contributed by atoms with Gasteiger partial charge in [-0.2, -0.15) is 5.10 Å². The molecule has 0 unspecified atom stereocenters. The van der Waals surface area contributed by atoms with Gasteiger partial charge < -0.3 is 9.47 Å². The summed E-state index contributed by atoms with van der Waals surface area (Å²) in [7, 11) is 3.56. The summed E-state index contributed by atoms with van der Waals surface area (Å²) < 4.78 is 4.19. The van der Waals surface area contributed by atoms with Gasteiger partial charge in [0.1, 0.15) is 5.82 Å². The van der Waals surface area contributed by atoms with Crippen LogP contribution in [0.25, 0.3) is 0 Å². The van der Waals surface area contributed by atoms with Crippen LogP contribution in [-0.4, -0.2) is 55.7 Å². The Bertz CT molecular complexity index is 745. The normalized spacial score (nSPS) is 17.8. The lowest BCUT2D eigenvalue weighted by Gasteiger charge is -2.33. The number of likely N-dealkylation sites (N-methyl/N-ethyl adjacent to an activating group) is 1. The lowest BCUT2D eigenvalue weighted by atomic mass is 10.2. The molecule has 1 atom stereocenters. The molecule has 0 saturated carbocycles. The lowest BCUT2D eigenvalue weighted by molar-refractivity contribution is -0.128. The SMILES string of the molecule is CC(C)n1cc(CN2CCn3cc(CC(=O)N(C)C)nc3[C@@H]2C)cn1. The second-order valence-electron chi connectivity index (χ2n) is 7.32. The molecule has 0 N–H and O–H groups in total. The van der Waals surface area contributed by atoms with Gasteiger partial charge in [0.2, 0.25) is 5.91 Å². The summed E-state index contributed by atoms with van der Waals surface area (Å²) in [5, 5.41) is 4.43. The maximum absolute atomic E-state index is 11.9. The number of amides is 1. The van der Waals surface area contributed by atoms with Gasteiger partial charge >= 0.3 is 0 Å². The van der Waals surface area contributed by atoms with Gasteiger partial charge in [0.15, 0.2) is 0 Å². The molecule has 1 aliphatic rings. The number of imidazole rings is 1. The minimum atomic E-state index is 0.0843. The largest absolute Gasteiger partial charge is 0.348 e. The monoisotopic (exact) mass is 344 g/mol. The van der Waals surface area contributed by atoms with Crippen molar-refractivity contribution in [2.75, 3.05) is 20.6 Å². The molecule has 25 heavy (non-hydrogen) atoms. The van der Waals surface area contributed by atoms with Crippen LogP contribution in [0.3, 0.4) is 0 Å². The van der Waals surface area contributed by atoms with Crippen molar-refractivity contribution in [1.29, 1.82) is 0 Å². The van der Waals surface area contributed by atoms with Crippen LogP contribution in [0.5, 0.6) is 0 Å². The number of hydrogen-bond acceptors (Lipinski definition) is 4. The van der Waals surface area contributed by atoms with Crippen LogP contribution < -0.4 is 0 Å². The van der Waals surface area contributed by atoms with Crippen LogP contribution in [0.1, 0.15) is 49.9 Å². The second kappa shape index (κ2) is 7.00. The molecule has 7 heteroatoms. The zero-order chi connectivity index (χ0) is 18.1. The van der Waals surface area contributed by atoms with Crippen molar-refractivity contribution in [3.05, 3.63) is 35.7 Å². The highest BCUT2D eigenvalue weighted by Crippen LogP contribution is 2.26. The molecule has 2 aromatic heterocycles. The third-order valence-electron chi connectivity index (χ3n) is 4.81. The number of carbonyl (C=O) groups is 1. The Hall–Kier alpha value is -2.15. The van der Waals surface area contributed by atoms with Crippen molar-refractivity contribution in [2.45, 2.75) is 52.4 Å². The maximum Gasteiger partial charge on any atom is 0.228 e. The van der Waals surface area contributed by atoms with Gasteiger partial charge in [-0.05, 0) is 20.8 Å². The van der Waals surface area contributed by atoms with Crippen molar-refractivity contribution in [2.24, 2.45) is 0 Å². The van der Waals surface area contributed by atoms with Gasteiger partial charge in [-0.3, -0.25) is 14.4 Å². The Morgan fingerprint density at radius 3 is 2.72 bits per heavy atom. The van der Waals surface area contributed by atoms with Gasteiger partial charge in [-0.25, -0.2) is 4.98 Å². The fourth-order valence-electron chi connectivity index (χ4n) is 3.18. The predicted molar refractivity (Wildman–Crippen MR) is 96.1 cm³/mol. The summed E-state index contributed by atoms with van der Waals surface area (Å²) in [5.41, 5.74) is 2.08. The average molecular weight is 344 g/mol. The van der Waals surface area contributed by atoms with Gasteiger partial charge in [0, 0.05) is 57.7 Å². The number of hydrogen-bond donors (Lipinski definition) is 0. The first-order chi connectivity index (χ1) is 11.8. The molecular formula is C18H28N6O. The molecule has 0 bridgehead atoms. The molecule has 1 aliphatic heterocycles. The Morgan fingerprint density at radius 2 is 2.08 bits per heavy atom. The fourth-order valence-corrected chi connectivity index (χ4v) is 3.18. The molecule has 0 spiro atoms. The van der Waals surface area contributed by atoms with Gasteiger partial charge in [-0.1, -0.05) is 0 Å². The van der Waals surface area contributed by atoms with E-state index in [-0.39, 0.29) is 11.9 Å². The summed E-state index contributed by atoms with van der Waals surface area (Å²) in [6, 6.07) is 0.600. The smallest absolute Gasteiger partial charge is 0.228 e. The van der Waals surface area contributed by atoms with Crippen LogP contribution in [0.2, 0.25) is 0 Å². The number of nitrogens with zero attached hydrogens (tertiary/aromatic N) is 6. The fraction of sp³-hybridized carbons (Fsp3) is 0.611. The van der Waals surface area contributed by atoms with E-state index in [0.29, 0.717) is 12.5 Å². The number of carbonyl (C=O) groups excluding carboxylic acids is 1. The third kappa shape index (κ3) is 3.76. The quantitative estimate of drug-likeness (QED) is 0.831. The van der Waals surface area contributed by atoms with E-state index in [4.69, 9.17) is 4.98 Å². The van der Waals surface area contributed by atoms with Crippen LogP contribution in [0.15, 0.2) is 18.6 Å². The average Bonchev–Trinajstić information content (AvgIpc) is 3.17. The Labute approximate surface area is 149 Å². The zero-order valence-electron chi connectivity index (χ0n) is 15.8. The second-order valence-corrected chi connectivity index (χ2v) is 7.32. The van der Waals surface area contributed by atoms with E-state index in [1.165, 1.54) is 5.56 Å². The van der Waals surface area contributed by atoms with E-state index in [1.807, 2.05) is 17.1 Å². The van der Waals surface area contributed by atoms with Crippen molar-refractivity contribution in [1.82, 2.24) is 29.1 Å². The zero-order valence-corrected chi connectivity index (χ0v) is 15.8. The Morgan fingerprint density at radius 1 is 1.32 bits per heavy atom. The Balaban J connectivity index is 1.71. The summed E-state index contributed by atoms with van der Waals surface area (Å²) in [6.45, 7) is 9.19. The highest BCUT2D eigenvalue weighted by atomic mass is 16.2. The lowest BCUT2D eigenvalue weighted by Crippen LogP contribution is -2.36. The van der Waals surface area contributed by atoms with Gasteiger partial charge in [0.05, 0.1) is 24.4 Å². The first kappa shape index (κ1) is 17.7. The van der Waals surface area contributed by atoms with Gasteiger partial charge in [0.25, 0.3) is 0 Å². The van der Waals surface area contributed by atoms with Crippen LogP contribution in [0, 0.1) is 0 Å². The van der Waals surface area contributed by atoms with Crippen LogP contribution in [-0.2, 0) is 24.3 Å². The minimum absolute atomic E-state index is 0.0843. The van der Waals surface area contributed by atoms with Gasteiger partial charge in [-0.15, -0.1) is 0 Å². The molecule has 0 aromatic carbocycles. The van der Waals surface area contributed by atoms with E-state index in [0.717, 1.165) is 31.2 Å². The predicted octanol–water partition coefficient (Wildman–Crippen LogP) is 1.87. The van der Waals surface area contributed by atoms with E-state index in [2.05, 4.69) is 41.5 Å². The Kier molecular flexibility index (Phi) is 4.94. The molecule has 7 nitrogen and oxygen atoms in total. The first-order valence-electron chi connectivity index (χ1n) is 8.88. The third-order valence-corrected chi connectivity index (χ3v) is 4.81. The molecular weight excluding hydrogens is 316 g/mol. The highest BCUT2D eigenvalue weighted by Gasteiger charge is 2.27. The van der Waals surface area contributed by atoms with Crippen LogP contribution >= 0.6 is 0 Å². The number of rotatable bonds is 5. The molecule has 3 heterocycles. The topological polar surface area (TPSA) is 59.2 Å². The molecule has 3 rings (SSSR count). The molecule has 0 radical (unpaired) electrons. The van der Waals surface area contributed by atoms with Crippen LogP contribution in [0.4, 0.5) is 0 Å². The minimum Gasteiger partial charge on any atom is -0.348 e. The summed E-state index contributed by atoms with van der Waals surface area (Å²) in [4.78, 5) is 20.7. The van der Waals surface area contributed by atoms with Crippen molar-refractivity contribution < 1.29 is 4.79 Å². The molecule has 136 valence electrons. The summed E-state index contributed by atoms with van der Waals surface area (Å²) in [6.07, 6.45) is 6.47. The highest BCUT2D eigenvalue weighted by molar-refractivity contribution is 5.77. The molecule has 0 saturated heterocycles. The van der Waals surface area contributed by atoms with E-state index < -0.39 is 0 Å². The van der Waals surface area contributed by atoms with E-state index in [9.17, 15) is 4.79 Å². The molecule has 2 aromatic rings. The van der Waals surface area contributed by atoms with E-state index in [1.54, 1.807) is 19.0 Å². The molecule has 0 aliphatic carbocycles. The molecule has 0 fully saturated rings. The van der Waals surface area contributed by atoms with Crippen molar-refractivity contribution in [3.63, 3.8) is 0 Å². The number of aromatic nitrogens is 4. The molecule has 1 amide bonds. The maximum atomic E-state index is 11.9. The summed E-state index contributed by atoms with van der Waals surface area (Å²) in [5.74, 6) is 1.13. The first-order valence-corrected chi connectivity index (χ1v) is 8.88. The van der Waals surface area contributed by atoms with Crippen molar-refractivity contribution >= 4 is 5.91 Å². The van der Waals surface area contributed by atoms with Crippen molar-refractivity contribution in [3.8, 4) is 0 Å².